The molecular weight excluding hydrogens is 376 g/mol. The Bertz CT molecular complexity index is 1030. The average Bonchev–Trinajstić information content (AvgIpc) is 3.37. The van der Waals surface area contributed by atoms with E-state index in [9.17, 15) is 4.79 Å². The minimum Gasteiger partial charge on any atom is -0.496 e. The van der Waals surface area contributed by atoms with Crippen molar-refractivity contribution in [3.8, 4) is 11.4 Å². The van der Waals surface area contributed by atoms with Crippen LogP contribution in [0.15, 0.2) is 54.6 Å². The van der Waals surface area contributed by atoms with E-state index in [1.54, 1.807) is 7.11 Å². The third-order valence-corrected chi connectivity index (χ3v) is 5.72. The first-order valence-corrected chi connectivity index (χ1v) is 10.3. The second kappa shape index (κ2) is 8.71. The number of nitrogens with one attached hydrogen (secondary N) is 1. The zero-order valence-corrected chi connectivity index (χ0v) is 17.8. The summed E-state index contributed by atoms with van der Waals surface area (Å²) >= 11 is 0. The van der Waals surface area contributed by atoms with E-state index in [2.05, 4.69) is 10.2 Å². The Hall–Kier alpha value is -3.12. The SMILES string of the molecule is COc1ccccc1C(CNC(=O)c1nn(-c2ccccc2)c2c1CCC2)N(C)C. The Labute approximate surface area is 177 Å². The number of aromatic nitrogens is 2. The maximum Gasteiger partial charge on any atom is 0.272 e. The predicted molar refractivity (Wildman–Crippen MR) is 117 cm³/mol. The number of nitrogens with zero attached hydrogens (tertiary/aromatic N) is 3. The van der Waals surface area contributed by atoms with Gasteiger partial charge in [-0.1, -0.05) is 36.4 Å². The lowest BCUT2D eigenvalue weighted by molar-refractivity contribution is 0.0935. The second-order valence-electron chi connectivity index (χ2n) is 7.81. The Morgan fingerprint density at radius 3 is 2.60 bits per heavy atom. The number of fused-ring (bicyclic) bond motifs is 1. The molecule has 2 aromatic carbocycles. The summed E-state index contributed by atoms with van der Waals surface area (Å²) < 4.78 is 7.46. The van der Waals surface area contributed by atoms with E-state index >= 15 is 0 Å². The van der Waals surface area contributed by atoms with Crippen molar-refractivity contribution >= 4 is 5.91 Å². The maximum atomic E-state index is 13.1. The van der Waals surface area contributed by atoms with E-state index < -0.39 is 0 Å². The summed E-state index contributed by atoms with van der Waals surface area (Å²) in [5, 5.41) is 7.81. The number of methoxy groups -OCH3 is 1. The first kappa shape index (κ1) is 20.2. The van der Waals surface area contributed by atoms with E-state index in [0.717, 1.165) is 47.5 Å². The van der Waals surface area contributed by atoms with Crippen molar-refractivity contribution in [2.45, 2.75) is 25.3 Å². The normalized spacial score (nSPS) is 13.9. The van der Waals surface area contributed by atoms with Crippen molar-refractivity contribution in [1.29, 1.82) is 0 Å². The molecule has 0 fully saturated rings. The number of hydrogen-bond acceptors (Lipinski definition) is 4. The Kier molecular flexibility index (Phi) is 5.86. The van der Waals surface area contributed by atoms with Crippen LogP contribution in [-0.4, -0.2) is 48.3 Å². The van der Waals surface area contributed by atoms with Gasteiger partial charge >= 0.3 is 0 Å². The van der Waals surface area contributed by atoms with Gasteiger partial charge in [-0.25, -0.2) is 4.68 Å². The van der Waals surface area contributed by atoms with Crippen molar-refractivity contribution in [1.82, 2.24) is 20.0 Å². The van der Waals surface area contributed by atoms with E-state index in [-0.39, 0.29) is 11.9 Å². The second-order valence-corrected chi connectivity index (χ2v) is 7.81. The summed E-state index contributed by atoms with van der Waals surface area (Å²) in [6, 6.07) is 17.9. The van der Waals surface area contributed by atoms with Gasteiger partial charge in [-0.3, -0.25) is 4.79 Å². The molecule has 1 amide bonds. The summed E-state index contributed by atoms with van der Waals surface area (Å²) in [6.45, 7) is 0.471. The molecule has 0 saturated heterocycles. The Morgan fingerprint density at radius 1 is 1.13 bits per heavy atom. The molecule has 0 spiro atoms. The first-order chi connectivity index (χ1) is 14.6. The maximum absolute atomic E-state index is 13.1. The fourth-order valence-corrected chi connectivity index (χ4v) is 4.19. The van der Waals surface area contributed by atoms with Gasteiger partial charge < -0.3 is 15.0 Å². The minimum absolute atomic E-state index is 0.00522. The Balaban J connectivity index is 1.57. The van der Waals surface area contributed by atoms with Crippen LogP contribution in [0.4, 0.5) is 0 Å². The van der Waals surface area contributed by atoms with E-state index in [1.165, 1.54) is 0 Å². The molecule has 156 valence electrons. The van der Waals surface area contributed by atoms with Crippen LogP contribution in [0.2, 0.25) is 0 Å². The van der Waals surface area contributed by atoms with E-state index in [0.29, 0.717) is 12.2 Å². The number of hydrogen-bond donors (Lipinski definition) is 1. The average molecular weight is 405 g/mol. The molecule has 1 aliphatic carbocycles. The van der Waals surface area contributed by atoms with Gasteiger partial charge in [0.2, 0.25) is 0 Å². The number of benzene rings is 2. The molecule has 6 nitrogen and oxygen atoms in total. The molecule has 4 rings (SSSR count). The molecular formula is C24H28N4O2. The predicted octanol–water partition coefficient (Wildman–Crippen LogP) is 3.40. The highest BCUT2D eigenvalue weighted by molar-refractivity contribution is 5.94. The minimum atomic E-state index is -0.121. The molecule has 0 bridgehead atoms. The quantitative estimate of drug-likeness (QED) is 0.656. The number of likely N-dealkylation sites (N-methyl/N-ethyl adjacent to an activating group) is 1. The number of carbonyl (C=O) groups excluding carboxylic acids is 1. The van der Waals surface area contributed by atoms with Gasteiger partial charge in [0.1, 0.15) is 5.75 Å². The molecule has 30 heavy (non-hydrogen) atoms. The first-order valence-electron chi connectivity index (χ1n) is 10.3. The molecule has 1 atom stereocenters. The highest BCUT2D eigenvalue weighted by atomic mass is 16.5. The molecule has 1 N–H and O–H groups in total. The fraction of sp³-hybridized carbons (Fsp3) is 0.333. The molecule has 3 aromatic rings. The molecule has 0 saturated carbocycles. The van der Waals surface area contributed by atoms with Crippen LogP contribution < -0.4 is 10.1 Å². The summed E-state index contributed by atoms with van der Waals surface area (Å²) in [5.41, 5.74) is 4.82. The lowest BCUT2D eigenvalue weighted by Crippen LogP contribution is -2.35. The smallest absolute Gasteiger partial charge is 0.272 e. The van der Waals surface area contributed by atoms with E-state index in [1.807, 2.05) is 73.4 Å². The van der Waals surface area contributed by atoms with Crippen molar-refractivity contribution < 1.29 is 9.53 Å². The molecule has 1 aliphatic rings. The molecule has 0 aliphatic heterocycles. The number of carbonyl (C=O) groups is 1. The van der Waals surface area contributed by atoms with Crippen LogP contribution in [0, 0.1) is 0 Å². The van der Waals surface area contributed by atoms with Gasteiger partial charge in [-0.05, 0) is 51.6 Å². The highest BCUT2D eigenvalue weighted by Gasteiger charge is 2.28. The summed E-state index contributed by atoms with van der Waals surface area (Å²) in [7, 11) is 5.68. The van der Waals surface area contributed by atoms with Crippen LogP contribution in [0.25, 0.3) is 5.69 Å². The van der Waals surface area contributed by atoms with Crippen molar-refractivity contribution in [2.24, 2.45) is 0 Å². The van der Waals surface area contributed by atoms with Crippen LogP contribution in [-0.2, 0) is 12.8 Å². The van der Waals surface area contributed by atoms with Crippen LogP contribution in [0.1, 0.15) is 39.8 Å². The summed E-state index contributed by atoms with van der Waals surface area (Å²) in [6.07, 6.45) is 2.91. The third kappa shape index (κ3) is 3.83. The largest absolute Gasteiger partial charge is 0.496 e. The van der Waals surface area contributed by atoms with Gasteiger partial charge in [0, 0.05) is 23.4 Å². The number of ether oxygens (including phenoxy) is 1. The standard InChI is InChI=1S/C24H28N4O2/c1-27(2)21(18-12-7-8-15-22(18)30-3)16-25-24(29)23-19-13-9-14-20(19)28(26-23)17-10-5-4-6-11-17/h4-8,10-12,15,21H,9,13-14,16H2,1-3H3,(H,25,29). The van der Waals surface area contributed by atoms with Gasteiger partial charge in [-0.2, -0.15) is 5.10 Å². The molecule has 1 heterocycles. The zero-order valence-electron chi connectivity index (χ0n) is 17.8. The number of amides is 1. The molecule has 1 aromatic heterocycles. The molecule has 1 unspecified atom stereocenters. The lowest BCUT2D eigenvalue weighted by atomic mass is 10.0. The van der Waals surface area contributed by atoms with Gasteiger partial charge in [0.25, 0.3) is 5.91 Å². The molecule has 0 radical (unpaired) electrons. The topological polar surface area (TPSA) is 59.4 Å². The third-order valence-electron chi connectivity index (χ3n) is 5.72. The van der Waals surface area contributed by atoms with Crippen molar-refractivity contribution in [2.75, 3.05) is 27.7 Å². The highest BCUT2D eigenvalue weighted by Crippen LogP contribution is 2.29. The van der Waals surface area contributed by atoms with Gasteiger partial charge in [0.05, 0.1) is 18.8 Å². The number of para-hydroxylation sites is 2. The van der Waals surface area contributed by atoms with Gasteiger partial charge in [-0.15, -0.1) is 0 Å². The monoisotopic (exact) mass is 404 g/mol. The number of rotatable bonds is 7. The lowest BCUT2D eigenvalue weighted by Gasteiger charge is -2.26. The van der Waals surface area contributed by atoms with Crippen LogP contribution in [0.3, 0.4) is 0 Å². The fourth-order valence-electron chi connectivity index (χ4n) is 4.19. The van der Waals surface area contributed by atoms with Crippen LogP contribution >= 0.6 is 0 Å². The van der Waals surface area contributed by atoms with Gasteiger partial charge in [0.15, 0.2) is 5.69 Å². The van der Waals surface area contributed by atoms with Crippen molar-refractivity contribution in [3.05, 3.63) is 77.1 Å². The zero-order chi connectivity index (χ0) is 21.1. The van der Waals surface area contributed by atoms with Crippen molar-refractivity contribution in [3.63, 3.8) is 0 Å². The van der Waals surface area contributed by atoms with Crippen LogP contribution in [0.5, 0.6) is 5.75 Å². The summed E-state index contributed by atoms with van der Waals surface area (Å²) in [5.74, 6) is 0.698. The Morgan fingerprint density at radius 2 is 1.87 bits per heavy atom. The van der Waals surface area contributed by atoms with E-state index in [4.69, 9.17) is 9.84 Å². The summed E-state index contributed by atoms with van der Waals surface area (Å²) in [4.78, 5) is 15.2. The molecule has 6 heteroatoms.